The number of nitrogens with zero attached hydrogens (tertiary/aromatic N) is 1. The first kappa shape index (κ1) is 30.0. The molecule has 1 aromatic heterocycles. The number of sulfone groups is 1. The van der Waals surface area contributed by atoms with Gasteiger partial charge in [-0.2, -0.15) is 0 Å². The second-order valence-electron chi connectivity index (χ2n) is 10.7. The molecule has 5 rings (SSSR count). The number of nitrogens with one attached hydrogen (secondary N) is 2. The number of aromatic nitrogens is 1. The summed E-state index contributed by atoms with van der Waals surface area (Å²) in [4.78, 5) is 32.5. The zero-order valence-corrected chi connectivity index (χ0v) is 25.6. The van der Waals surface area contributed by atoms with E-state index in [2.05, 4.69) is 9.98 Å². The van der Waals surface area contributed by atoms with Gasteiger partial charge in [-0.25, -0.2) is 17.8 Å². The Bertz CT molecular complexity index is 1830. The molecule has 1 aliphatic heterocycles. The summed E-state index contributed by atoms with van der Waals surface area (Å²) in [6, 6.07) is 9.81. The lowest BCUT2D eigenvalue weighted by molar-refractivity contribution is -0.418. The maximum Gasteiger partial charge on any atom is 0.256 e. The first-order valence-electron chi connectivity index (χ1n) is 13.3. The number of pyridine rings is 1. The van der Waals surface area contributed by atoms with Crippen molar-refractivity contribution in [3.8, 4) is 11.1 Å². The molecule has 1 aliphatic carbocycles. The molecule has 2 aliphatic rings. The number of carbonyl (C=O) groups excluding carboxylic acids is 1. The van der Waals surface area contributed by atoms with Crippen LogP contribution in [0.3, 0.4) is 0 Å². The third-order valence-corrected chi connectivity index (χ3v) is 10.9. The van der Waals surface area contributed by atoms with E-state index in [0.717, 1.165) is 11.6 Å². The van der Waals surface area contributed by atoms with E-state index < -0.39 is 32.4 Å². The fourth-order valence-corrected chi connectivity index (χ4v) is 7.60. The van der Waals surface area contributed by atoms with Crippen LogP contribution in [0.2, 0.25) is 10.0 Å². The lowest BCUT2D eigenvalue weighted by atomic mass is 9.90. The Balaban J connectivity index is 1.48. The smallest absolute Gasteiger partial charge is 0.256 e. The van der Waals surface area contributed by atoms with E-state index >= 15 is 0 Å². The van der Waals surface area contributed by atoms with Gasteiger partial charge in [-0.1, -0.05) is 23.2 Å². The van der Waals surface area contributed by atoms with Crippen LogP contribution in [0.5, 0.6) is 0 Å². The standard InChI is InChI=1S/C30H29Cl2FN4O4S/c1-16-27(34)22(28(35-2)18-10-19(12-20(31)11-18)30(7-8-30)42(3,40)41)6-9-37(16)29(39)24-14-21(33)13-23(26(24)32)17-4-5-25(38)36-15-17/h4-5,10-16H,6-9,34H2,1-3H3,(H,36,38)/p+1/t16-/m1/s1. The van der Waals surface area contributed by atoms with Crippen LogP contribution >= 0.6 is 23.2 Å². The molecular formula is C30H30Cl2FN4O4S+. The molecule has 42 heavy (non-hydrogen) atoms. The van der Waals surface area contributed by atoms with Crippen LogP contribution in [0.4, 0.5) is 4.39 Å². The Morgan fingerprint density at radius 2 is 1.88 bits per heavy atom. The SMILES string of the molecule is C[NH+]=C(C1=C(N)[C@@H](C)N(C(=O)c2cc(F)cc(-c3ccc(=O)[nH]c3)c2Cl)CC1)c1cc(Cl)cc(C2(S(C)(=O)=O)CC2)c1. The van der Waals surface area contributed by atoms with Gasteiger partial charge in [-0.15, -0.1) is 0 Å². The molecular weight excluding hydrogens is 602 g/mol. The highest BCUT2D eigenvalue weighted by Crippen LogP contribution is 2.53. The Labute approximate surface area is 253 Å². The third kappa shape index (κ3) is 5.27. The zero-order valence-electron chi connectivity index (χ0n) is 23.2. The van der Waals surface area contributed by atoms with Crippen molar-refractivity contribution in [1.29, 1.82) is 0 Å². The number of carbonyl (C=O) groups is 1. The maximum absolute atomic E-state index is 14.7. The van der Waals surface area contributed by atoms with Crippen molar-refractivity contribution in [2.45, 2.75) is 37.0 Å². The molecule has 1 amide bonds. The summed E-state index contributed by atoms with van der Waals surface area (Å²) in [5, 5.41) is 0.465. The number of rotatable bonds is 6. The van der Waals surface area contributed by atoms with Gasteiger partial charge >= 0.3 is 0 Å². The van der Waals surface area contributed by atoms with Crippen molar-refractivity contribution in [2.24, 2.45) is 5.73 Å². The number of nitrogens with two attached hydrogens (primary N) is 1. The van der Waals surface area contributed by atoms with Crippen LogP contribution < -0.4 is 16.3 Å². The van der Waals surface area contributed by atoms with E-state index in [9.17, 15) is 22.4 Å². The van der Waals surface area contributed by atoms with Gasteiger partial charge in [0.25, 0.3) is 5.91 Å². The van der Waals surface area contributed by atoms with Crippen LogP contribution in [0, 0.1) is 5.82 Å². The molecule has 0 radical (unpaired) electrons. The molecule has 0 unspecified atom stereocenters. The summed E-state index contributed by atoms with van der Waals surface area (Å²) in [5.41, 5.74) is 10.2. The molecule has 1 atom stereocenters. The number of hydrogen-bond acceptors (Lipinski definition) is 5. The summed E-state index contributed by atoms with van der Waals surface area (Å²) >= 11 is 13.1. The highest BCUT2D eigenvalue weighted by atomic mass is 35.5. The molecule has 220 valence electrons. The predicted molar refractivity (Wildman–Crippen MR) is 162 cm³/mol. The number of benzene rings is 2. The van der Waals surface area contributed by atoms with E-state index in [1.165, 1.54) is 35.6 Å². The van der Waals surface area contributed by atoms with Gasteiger partial charge in [-0.3, -0.25) is 9.59 Å². The fraction of sp³-hybridized carbons (Fsp3) is 0.300. The van der Waals surface area contributed by atoms with Gasteiger partial charge < -0.3 is 15.6 Å². The number of hydrogen-bond donors (Lipinski definition) is 3. The van der Waals surface area contributed by atoms with E-state index in [0.29, 0.717) is 52.4 Å². The van der Waals surface area contributed by atoms with Crippen molar-refractivity contribution in [3.63, 3.8) is 0 Å². The van der Waals surface area contributed by atoms with E-state index in [1.807, 2.05) is 6.07 Å². The first-order valence-corrected chi connectivity index (χ1v) is 16.0. The molecule has 8 nitrogen and oxygen atoms in total. The Hall–Kier alpha value is -3.47. The summed E-state index contributed by atoms with van der Waals surface area (Å²) in [5.74, 6) is -1.14. The fourth-order valence-electron chi connectivity index (χ4n) is 5.68. The summed E-state index contributed by atoms with van der Waals surface area (Å²) in [7, 11) is -1.61. The molecule has 0 bridgehead atoms. The molecule has 1 saturated carbocycles. The minimum absolute atomic E-state index is 0.0197. The van der Waals surface area contributed by atoms with Crippen LogP contribution in [0.25, 0.3) is 11.1 Å². The van der Waals surface area contributed by atoms with Gasteiger partial charge in [0.05, 0.1) is 21.4 Å². The molecule has 2 aromatic carbocycles. The van der Waals surface area contributed by atoms with Crippen molar-refractivity contribution >= 4 is 44.7 Å². The van der Waals surface area contributed by atoms with E-state index in [-0.39, 0.29) is 28.3 Å². The van der Waals surface area contributed by atoms with Crippen LogP contribution in [0.15, 0.2) is 64.7 Å². The molecule has 0 saturated heterocycles. The second kappa shape index (κ2) is 11.0. The average Bonchev–Trinajstić information content (AvgIpc) is 3.75. The van der Waals surface area contributed by atoms with Gasteiger partial charge in [0, 0.05) is 52.5 Å². The second-order valence-corrected chi connectivity index (χ2v) is 13.9. The normalized spacial score (nSPS) is 18.8. The molecule has 2 heterocycles. The van der Waals surface area contributed by atoms with Crippen molar-refractivity contribution in [3.05, 3.63) is 103 Å². The Kier molecular flexibility index (Phi) is 7.85. The van der Waals surface area contributed by atoms with Gasteiger partial charge in [0.15, 0.2) is 9.84 Å². The minimum atomic E-state index is -3.35. The molecule has 12 heteroatoms. The van der Waals surface area contributed by atoms with Crippen molar-refractivity contribution in [2.75, 3.05) is 19.8 Å². The molecule has 4 N–H and O–H groups in total. The van der Waals surface area contributed by atoms with Gasteiger partial charge in [0.1, 0.15) is 12.9 Å². The Morgan fingerprint density at radius 1 is 1.17 bits per heavy atom. The highest BCUT2D eigenvalue weighted by molar-refractivity contribution is 7.92. The van der Waals surface area contributed by atoms with E-state index in [1.54, 1.807) is 26.1 Å². The van der Waals surface area contributed by atoms with Gasteiger partial charge in [0.2, 0.25) is 11.3 Å². The number of halogens is 3. The van der Waals surface area contributed by atoms with Crippen molar-refractivity contribution in [1.82, 2.24) is 9.88 Å². The largest absolute Gasteiger partial charge is 0.400 e. The monoisotopic (exact) mass is 631 g/mol. The summed E-state index contributed by atoms with van der Waals surface area (Å²) < 4.78 is 38.9. The zero-order chi connectivity index (χ0) is 30.6. The molecule has 1 fully saturated rings. The van der Waals surface area contributed by atoms with Crippen LogP contribution in [-0.2, 0) is 14.6 Å². The first-order chi connectivity index (χ1) is 19.8. The Morgan fingerprint density at radius 3 is 2.48 bits per heavy atom. The minimum Gasteiger partial charge on any atom is -0.400 e. The highest BCUT2D eigenvalue weighted by Gasteiger charge is 2.53. The summed E-state index contributed by atoms with van der Waals surface area (Å²) in [6.07, 6.45) is 4.09. The average molecular weight is 633 g/mol. The van der Waals surface area contributed by atoms with Crippen LogP contribution in [-0.4, -0.2) is 55.8 Å². The lowest BCUT2D eigenvalue weighted by Crippen LogP contribution is -2.69. The molecule has 3 aromatic rings. The summed E-state index contributed by atoms with van der Waals surface area (Å²) in [6.45, 7) is 2.05. The van der Waals surface area contributed by atoms with E-state index in [4.69, 9.17) is 28.9 Å². The van der Waals surface area contributed by atoms with Crippen LogP contribution in [0.1, 0.15) is 47.7 Å². The number of amides is 1. The lowest BCUT2D eigenvalue weighted by Gasteiger charge is -2.35. The number of aromatic amines is 1. The maximum atomic E-state index is 14.7. The topological polar surface area (TPSA) is 127 Å². The quantitative estimate of drug-likeness (QED) is 0.360. The molecule has 0 spiro atoms. The predicted octanol–water partition coefficient (Wildman–Crippen LogP) is 3.17. The third-order valence-electron chi connectivity index (χ3n) is 8.17. The van der Waals surface area contributed by atoms with Crippen molar-refractivity contribution < 1.29 is 22.6 Å². The van der Waals surface area contributed by atoms with Gasteiger partial charge in [-0.05, 0) is 73.7 Å². The number of H-pyrrole nitrogens is 1.